The van der Waals surface area contributed by atoms with Crippen LogP contribution in [0.4, 0.5) is 11.8 Å². The summed E-state index contributed by atoms with van der Waals surface area (Å²) < 4.78 is 0. The lowest BCUT2D eigenvalue weighted by atomic mass is 10.2. The maximum atomic E-state index is 4.89. The lowest BCUT2D eigenvalue weighted by molar-refractivity contribution is 0.249. The van der Waals surface area contributed by atoms with Crippen LogP contribution in [0.1, 0.15) is 31.2 Å². The van der Waals surface area contributed by atoms with Crippen molar-refractivity contribution in [2.45, 2.75) is 32.2 Å². The van der Waals surface area contributed by atoms with Crippen LogP contribution in [-0.2, 0) is 6.54 Å². The van der Waals surface area contributed by atoms with E-state index in [1.165, 1.54) is 31.2 Å². The Kier molecular flexibility index (Phi) is 5.65. The molecule has 0 atom stereocenters. The summed E-state index contributed by atoms with van der Waals surface area (Å²) in [4.78, 5) is 16.7. The highest BCUT2D eigenvalue weighted by atomic mass is 15.3. The van der Waals surface area contributed by atoms with Gasteiger partial charge in [-0.2, -0.15) is 4.98 Å². The van der Waals surface area contributed by atoms with E-state index in [0.29, 0.717) is 0 Å². The number of hydrogen-bond donors (Lipinski definition) is 0. The Hall–Kier alpha value is -2.14. The Bertz CT molecular complexity index is 674. The molecule has 1 aromatic carbocycles. The molecule has 138 valence electrons. The Morgan fingerprint density at radius 2 is 1.46 bits per heavy atom. The van der Waals surface area contributed by atoms with Crippen LogP contribution >= 0.6 is 0 Å². The zero-order valence-electron chi connectivity index (χ0n) is 15.6. The third-order valence-electron chi connectivity index (χ3n) is 5.46. The van der Waals surface area contributed by atoms with Crippen LogP contribution in [0.3, 0.4) is 0 Å². The minimum Gasteiger partial charge on any atom is -0.354 e. The maximum Gasteiger partial charge on any atom is 0.227 e. The quantitative estimate of drug-likeness (QED) is 0.845. The van der Waals surface area contributed by atoms with E-state index in [-0.39, 0.29) is 0 Å². The minimum atomic E-state index is 0.913. The first-order valence-electron chi connectivity index (χ1n) is 9.98. The predicted molar refractivity (Wildman–Crippen MR) is 107 cm³/mol. The fraction of sp³-hybridized carbons (Fsp3) is 0.524. The van der Waals surface area contributed by atoms with Crippen molar-refractivity contribution in [3.63, 3.8) is 0 Å². The molecule has 3 heterocycles. The molecule has 0 radical (unpaired) electrons. The van der Waals surface area contributed by atoms with Crippen LogP contribution < -0.4 is 9.80 Å². The number of benzene rings is 1. The first-order valence-corrected chi connectivity index (χ1v) is 9.98. The SMILES string of the molecule is c1ccc(CN2CCN(c3ccnc(N4CCCCCC4)n3)CC2)cc1. The summed E-state index contributed by atoms with van der Waals surface area (Å²) in [6.45, 7) is 7.45. The second-order valence-electron chi connectivity index (χ2n) is 7.36. The second-order valence-corrected chi connectivity index (χ2v) is 7.36. The highest BCUT2D eigenvalue weighted by Gasteiger charge is 2.20. The van der Waals surface area contributed by atoms with Gasteiger partial charge in [-0.25, -0.2) is 4.98 Å². The molecule has 0 aliphatic carbocycles. The zero-order chi connectivity index (χ0) is 17.6. The van der Waals surface area contributed by atoms with Crippen molar-refractivity contribution < 1.29 is 0 Å². The average molecular weight is 351 g/mol. The maximum absolute atomic E-state index is 4.89. The van der Waals surface area contributed by atoms with Crippen LogP contribution in [0.5, 0.6) is 0 Å². The Balaban J connectivity index is 1.36. The van der Waals surface area contributed by atoms with E-state index in [0.717, 1.165) is 57.6 Å². The largest absolute Gasteiger partial charge is 0.354 e. The van der Waals surface area contributed by atoms with E-state index >= 15 is 0 Å². The Morgan fingerprint density at radius 3 is 2.19 bits per heavy atom. The monoisotopic (exact) mass is 351 g/mol. The van der Waals surface area contributed by atoms with E-state index in [9.17, 15) is 0 Å². The molecule has 5 nitrogen and oxygen atoms in total. The Morgan fingerprint density at radius 1 is 0.731 bits per heavy atom. The summed E-state index contributed by atoms with van der Waals surface area (Å²) in [7, 11) is 0. The molecule has 0 saturated carbocycles. The van der Waals surface area contributed by atoms with Gasteiger partial charge >= 0.3 is 0 Å². The van der Waals surface area contributed by atoms with Crippen molar-refractivity contribution in [2.24, 2.45) is 0 Å². The van der Waals surface area contributed by atoms with Gasteiger partial charge in [-0.3, -0.25) is 4.90 Å². The summed E-state index contributed by atoms with van der Waals surface area (Å²) in [5.41, 5.74) is 1.39. The first-order chi connectivity index (χ1) is 12.9. The van der Waals surface area contributed by atoms with Crippen molar-refractivity contribution >= 4 is 11.8 Å². The number of anilines is 2. The van der Waals surface area contributed by atoms with Crippen molar-refractivity contribution in [1.82, 2.24) is 14.9 Å². The Labute approximate surface area is 156 Å². The first kappa shape index (κ1) is 17.3. The molecule has 2 aliphatic heterocycles. The molecule has 0 amide bonds. The average Bonchev–Trinajstić information content (AvgIpc) is 2.99. The number of piperazine rings is 1. The van der Waals surface area contributed by atoms with Crippen molar-refractivity contribution in [3.05, 3.63) is 48.2 Å². The third kappa shape index (κ3) is 4.33. The minimum absolute atomic E-state index is 0.913. The van der Waals surface area contributed by atoms with Crippen LogP contribution in [0.25, 0.3) is 0 Å². The van der Waals surface area contributed by atoms with Gasteiger partial charge in [0, 0.05) is 52.0 Å². The molecule has 0 N–H and O–H groups in total. The van der Waals surface area contributed by atoms with E-state index in [2.05, 4.69) is 56.1 Å². The van der Waals surface area contributed by atoms with Gasteiger partial charge in [0.15, 0.2) is 0 Å². The van der Waals surface area contributed by atoms with Gasteiger partial charge in [-0.1, -0.05) is 43.2 Å². The molecule has 4 rings (SSSR count). The van der Waals surface area contributed by atoms with Gasteiger partial charge in [0.05, 0.1) is 0 Å². The summed E-state index contributed by atoms with van der Waals surface area (Å²) in [6.07, 6.45) is 7.11. The highest BCUT2D eigenvalue weighted by Crippen LogP contribution is 2.20. The molecular formula is C21H29N5. The molecule has 2 aliphatic rings. The van der Waals surface area contributed by atoms with Crippen molar-refractivity contribution in [1.29, 1.82) is 0 Å². The van der Waals surface area contributed by atoms with E-state index in [1.807, 2.05) is 6.20 Å². The molecule has 1 aromatic heterocycles. The lowest BCUT2D eigenvalue weighted by Gasteiger charge is -2.35. The molecule has 2 saturated heterocycles. The van der Waals surface area contributed by atoms with Gasteiger partial charge in [0.25, 0.3) is 0 Å². The van der Waals surface area contributed by atoms with Gasteiger partial charge < -0.3 is 9.80 Å². The van der Waals surface area contributed by atoms with Crippen molar-refractivity contribution in [3.8, 4) is 0 Å². The number of hydrogen-bond acceptors (Lipinski definition) is 5. The molecule has 26 heavy (non-hydrogen) atoms. The fourth-order valence-electron chi connectivity index (χ4n) is 3.92. The highest BCUT2D eigenvalue weighted by molar-refractivity contribution is 5.44. The van der Waals surface area contributed by atoms with Gasteiger partial charge in [0.2, 0.25) is 5.95 Å². The summed E-state index contributed by atoms with van der Waals surface area (Å²) in [5.74, 6) is 2.00. The summed E-state index contributed by atoms with van der Waals surface area (Å²) in [5, 5.41) is 0. The zero-order valence-corrected chi connectivity index (χ0v) is 15.6. The number of aromatic nitrogens is 2. The fourth-order valence-corrected chi connectivity index (χ4v) is 3.92. The lowest BCUT2D eigenvalue weighted by Crippen LogP contribution is -2.46. The topological polar surface area (TPSA) is 35.5 Å². The second kappa shape index (κ2) is 8.49. The molecule has 0 bridgehead atoms. The third-order valence-corrected chi connectivity index (χ3v) is 5.46. The molecular weight excluding hydrogens is 322 g/mol. The van der Waals surface area contributed by atoms with Crippen LogP contribution in [0, 0.1) is 0 Å². The van der Waals surface area contributed by atoms with E-state index < -0.39 is 0 Å². The predicted octanol–water partition coefficient (Wildman–Crippen LogP) is 3.18. The van der Waals surface area contributed by atoms with Crippen LogP contribution in [-0.4, -0.2) is 54.1 Å². The summed E-state index contributed by atoms with van der Waals surface area (Å²) >= 11 is 0. The van der Waals surface area contributed by atoms with Crippen LogP contribution in [0.2, 0.25) is 0 Å². The molecule has 2 aromatic rings. The van der Waals surface area contributed by atoms with Gasteiger partial charge in [-0.05, 0) is 24.5 Å². The van der Waals surface area contributed by atoms with Gasteiger partial charge in [0.1, 0.15) is 5.82 Å². The van der Waals surface area contributed by atoms with E-state index in [1.54, 1.807) is 0 Å². The van der Waals surface area contributed by atoms with Crippen LogP contribution in [0.15, 0.2) is 42.6 Å². The number of nitrogens with zero attached hydrogens (tertiary/aromatic N) is 5. The molecule has 5 heteroatoms. The normalized spacial score (nSPS) is 19.4. The smallest absolute Gasteiger partial charge is 0.227 e. The van der Waals surface area contributed by atoms with E-state index in [4.69, 9.17) is 4.98 Å². The van der Waals surface area contributed by atoms with Gasteiger partial charge in [-0.15, -0.1) is 0 Å². The van der Waals surface area contributed by atoms with Crippen molar-refractivity contribution in [2.75, 3.05) is 49.1 Å². The standard InChI is InChI=1S/C21H29N5/c1-2-7-13-26(12-6-1)21-22-11-10-20(23-21)25-16-14-24(15-17-25)18-19-8-4-3-5-9-19/h3-5,8-11H,1-2,6-7,12-18H2. The summed E-state index contributed by atoms with van der Waals surface area (Å²) in [6, 6.07) is 12.8. The molecule has 0 spiro atoms. The molecule has 0 unspecified atom stereocenters. The number of rotatable bonds is 4. The molecule has 2 fully saturated rings.